The molecule has 3 saturated heterocycles. The van der Waals surface area contributed by atoms with Crippen molar-refractivity contribution in [2.75, 3.05) is 45.0 Å². The molecule has 6 aromatic rings. The number of hydrogen-bond acceptors (Lipinski definition) is 9. The molecule has 3 N–H and O–H groups in total. The van der Waals surface area contributed by atoms with E-state index in [4.69, 9.17) is 10.5 Å². The Hall–Kier alpha value is -6.67. The fourth-order valence-electron chi connectivity index (χ4n) is 10.1. The minimum absolute atomic E-state index is 0.0374. The van der Waals surface area contributed by atoms with Crippen LogP contribution in [-0.4, -0.2) is 86.2 Å². The van der Waals surface area contributed by atoms with Crippen LogP contribution in [0.2, 0.25) is 0 Å². The maximum Gasteiger partial charge on any atom is 0.410 e. The molecule has 2 amide bonds. The van der Waals surface area contributed by atoms with E-state index in [2.05, 4.69) is 44.7 Å². The maximum atomic E-state index is 13.3. The predicted molar refractivity (Wildman–Crippen MR) is 334 cm³/mol. The topological polar surface area (TPSA) is 158 Å². The molecular formula is C66H85F4IN8O5. The number of likely N-dealkylation sites (tertiary alicyclic amines) is 2. The van der Waals surface area contributed by atoms with E-state index < -0.39 is 5.60 Å². The summed E-state index contributed by atoms with van der Waals surface area (Å²) in [6.45, 7) is 14.6. The van der Waals surface area contributed by atoms with Crippen LogP contribution in [0, 0.1) is 44.6 Å². The highest BCUT2D eigenvalue weighted by Crippen LogP contribution is 2.25. The van der Waals surface area contributed by atoms with Gasteiger partial charge in [-0.1, -0.05) is 61.0 Å². The van der Waals surface area contributed by atoms with E-state index in [1.165, 1.54) is 108 Å². The van der Waals surface area contributed by atoms with Crippen molar-refractivity contribution in [3.63, 3.8) is 0 Å². The third-order valence-corrected chi connectivity index (χ3v) is 15.3. The van der Waals surface area contributed by atoms with E-state index in [0.717, 1.165) is 97.3 Å². The second-order valence-electron chi connectivity index (χ2n) is 22.9. The summed E-state index contributed by atoms with van der Waals surface area (Å²) in [5.74, 6) is 1.44. The summed E-state index contributed by atoms with van der Waals surface area (Å²) in [6.07, 6.45) is 15.7. The number of ether oxygens (including phenoxy) is 1. The zero-order valence-electron chi connectivity index (χ0n) is 49.5. The summed E-state index contributed by atoms with van der Waals surface area (Å²) < 4.78 is 60.3. The third kappa shape index (κ3) is 26.9. The number of aromatic nitrogens is 4. The first-order valence-electron chi connectivity index (χ1n) is 29.2. The van der Waals surface area contributed by atoms with E-state index in [1.54, 1.807) is 67.5 Å². The number of halogens is 5. The standard InChI is InChI=1S/C19H22FN3O2.C17H24FNO2.C12H16FN.C7H12.C6H4FI.C5H7N3O/c1-22-18(24)6-5-17(21-22)13-19(25)23-9-7-14(8-10-23)11-15-3-2-4-16(20)12-15;1-17(2,3)21-16(20)19-9-7-13(8-10-19)11-14-5-4-6-15(18)12-14;13-12-3-1-2-11(9-12)8-10-4-6-14-7-5-10;1-7-5-3-2-4-6-7;7-5-2-1-3-6(8)4-5;1-8-5(9)3-2-4(6)7-8/h2-6,12,14H,7-11,13H2,1H3;4-6,12-13H,7-11H2,1-3H3;1-3,9-10,14H,4-8H2;1-6H2;1-4H;2-3H,1H3,(H2,6,7). The number of nitrogens with zero attached hydrogens (tertiary/aromatic N) is 6. The Morgan fingerprint density at radius 2 is 1.04 bits per heavy atom. The zero-order valence-corrected chi connectivity index (χ0v) is 51.7. The molecule has 4 aromatic carbocycles. The summed E-state index contributed by atoms with van der Waals surface area (Å²) in [5, 5.41) is 11.1. The second-order valence-corrected chi connectivity index (χ2v) is 24.1. The van der Waals surface area contributed by atoms with Crippen LogP contribution in [0.5, 0.6) is 0 Å². The molecule has 2 aromatic heterocycles. The van der Waals surface area contributed by atoms with E-state index in [1.807, 2.05) is 49.9 Å². The molecule has 4 aliphatic rings. The summed E-state index contributed by atoms with van der Waals surface area (Å²) in [4.78, 5) is 50.0. The van der Waals surface area contributed by atoms with Crippen molar-refractivity contribution in [2.45, 2.75) is 123 Å². The van der Waals surface area contributed by atoms with Gasteiger partial charge >= 0.3 is 6.09 Å². The molecule has 18 heteroatoms. The molecule has 1 aliphatic carbocycles. The number of aryl methyl sites for hydroxylation is 2. The first kappa shape index (κ1) is 68.1. The van der Waals surface area contributed by atoms with Crippen LogP contribution in [0.1, 0.15) is 114 Å². The molecule has 10 rings (SSSR count). The van der Waals surface area contributed by atoms with Crippen LogP contribution in [0.25, 0.3) is 0 Å². The first-order chi connectivity index (χ1) is 40.1. The maximum absolute atomic E-state index is 13.3. The highest BCUT2D eigenvalue weighted by atomic mass is 127. The van der Waals surface area contributed by atoms with E-state index in [0.29, 0.717) is 36.4 Å². The van der Waals surface area contributed by atoms with Crippen molar-refractivity contribution in [1.29, 1.82) is 0 Å². The number of carbonyl (C=O) groups is 2. The summed E-state index contributed by atoms with van der Waals surface area (Å²) in [7, 11) is 3.13. The van der Waals surface area contributed by atoms with Gasteiger partial charge in [0.05, 0.1) is 12.1 Å². The second kappa shape index (κ2) is 35.6. The molecule has 0 spiro atoms. The number of nitrogens with one attached hydrogen (secondary N) is 1. The van der Waals surface area contributed by atoms with Gasteiger partial charge < -0.3 is 25.6 Å². The number of benzene rings is 4. The number of nitrogens with two attached hydrogens (primary N) is 1. The molecule has 3 aliphatic heterocycles. The zero-order chi connectivity index (χ0) is 61.0. The quantitative estimate of drug-likeness (QED) is 0.0860. The van der Waals surface area contributed by atoms with Crippen molar-refractivity contribution >= 4 is 40.4 Å². The largest absolute Gasteiger partial charge is 0.444 e. The lowest BCUT2D eigenvalue weighted by Crippen LogP contribution is -2.42. The van der Waals surface area contributed by atoms with Gasteiger partial charge in [-0.15, -0.1) is 0 Å². The first-order valence-corrected chi connectivity index (χ1v) is 30.3. The Balaban J connectivity index is 0.000000196. The lowest BCUT2D eigenvalue weighted by molar-refractivity contribution is -0.131. The van der Waals surface area contributed by atoms with Gasteiger partial charge in [-0.05, 0) is 241 Å². The Bertz CT molecular complexity index is 3090. The molecule has 1 saturated carbocycles. The van der Waals surface area contributed by atoms with Crippen molar-refractivity contribution in [2.24, 2.45) is 31.8 Å². The Kier molecular flexibility index (Phi) is 28.9. The van der Waals surface area contributed by atoms with Crippen molar-refractivity contribution in [3.05, 3.63) is 203 Å². The number of anilines is 1. The van der Waals surface area contributed by atoms with Gasteiger partial charge in [-0.2, -0.15) is 10.2 Å². The normalized spacial score (nSPS) is 15.6. The number of carbonyl (C=O) groups excluding carboxylic acids is 2. The molecular weight excluding hydrogens is 1190 g/mol. The molecule has 0 bridgehead atoms. The number of rotatable bonds is 8. The summed E-state index contributed by atoms with van der Waals surface area (Å²) >= 11 is 2.07. The lowest BCUT2D eigenvalue weighted by atomic mass is 9.90. The van der Waals surface area contributed by atoms with Gasteiger partial charge in [0, 0.05) is 56.0 Å². The molecule has 0 radical (unpaired) electrons. The molecule has 84 heavy (non-hydrogen) atoms. The Labute approximate surface area is 507 Å². The minimum Gasteiger partial charge on any atom is -0.444 e. The molecule has 0 atom stereocenters. The third-order valence-electron chi connectivity index (χ3n) is 14.6. The number of hydrogen-bond donors (Lipinski definition) is 2. The fraction of sp³-hybridized carbons (Fsp3) is 0.455. The number of amides is 2. The van der Waals surface area contributed by atoms with Crippen molar-refractivity contribution in [3.8, 4) is 0 Å². The van der Waals surface area contributed by atoms with Crippen LogP contribution < -0.4 is 22.2 Å². The SMILES string of the molecule is C=C1CCCCC1.CC(C)(C)OC(=O)N1CCC(Cc2cccc(F)c2)CC1.Cn1nc(CC(=O)N2CCC(Cc3cccc(F)c3)CC2)ccc1=O.Cn1nc(N)ccc1=O.Fc1cccc(CC2CCNCC2)c1.Fc1cccc(I)c1. The highest BCUT2D eigenvalue weighted by Gasteiger charge is 2.27. The minimum atomic E-state index is -0.449. The van der Waals surface area contributed by atoms with Crippen molar-refractivity contribution < 1.29 is 31.9 Å². The van der Waals surface area contributed by atoms with Crippen LogP contribution >= 0.6 is 22.6 Å². The van der Waals surface area contributed by atoms with Gasteiger partial charge in [-0.25, -0.2) is 31.7 Å². The smallest absolute Gasteiger partial charge is 0.410 e. The molecule has 454 valence electrons. The number of piperidine rings is 3. The van der Waals surface area contributed by atoms with Crippen LogP contribution in [-0.2, 0) is 49.3 Å². The van der Waals surface area contributed by atoms with E-state index in [9.17, 15) is 36.7 Å². The van der Waals surface area contributed by atoms with E-state index in [-0.39, 0.29) is 52.8 Å². The van der Waals surface area contributed by atoms with Gasteiger partial charge in [-0.3, -0.25) is 14.4 Å². The van der Waals surface area contributed by atoms with Gasteiger partial charge in [0.2, 0.25) is 5.91 Å². The predicted octanol–water partition coefficient (Wildman–Crippen LogP) is 12.6. The van der Waals surface area contributed by atoms with Gasteiger partial charge in [0.1, 0.15) is 34.7 Å². The monoisotopic (exact) mass is 1270 g/mol. The van der Waals surface area contributed by atoms with Crippen LogP contribution in [0.4, 0.5) is 28.2 Å². The Morgan fingerprint density at radius 1 is 0.607 bits per heavy atom. The molecule has 13 nitrogen and oxygen atoms in total. The molecule has 4 fully saturated rings. The highest BCUT2D eigenvalue weighted by molar-refractivity contribution is 14.1. The molecule has 0 unspecified atom stereocenters. The van der Waals surface area contributed by atoms with E-state index >= 15 is 0 Å². The average Bonchev–Trinajstić information content (AvgIpc) is 3.60. The van der Waals surface area contributed by atoms with Crippen LogP contribution in [0.15, 0.2) is 143 Å². The molecule has 5 heterocycles. The lowest BCUT2D eigenvalue weighted by Gasteiger charge is -2.33. The van der Waals surface area contributed by atoms with Gasteiger partial charge in [0.25, 0.3) is 11.1 Å². The average molecular weight is 1270 g/mol. The number of allylic oxidation sites excluding steroid dienone is 1. The van der Waals surface area contributed by atoms with Crippen LogP contribution in [0.3, 0.4) is 0 Å². The van der Waals surface area contributed by atoms with Crippen molar-refractivity contribution in [1.82, 2.24) is 34.7 Å². The number of nitrogen functional groups attached to an aromatic ring is 1. The fourth-order valence-corrected chi connectivity index (χ4v) is 10.6. The summed E-state index contributed by atoms with van der Waals surface area (Å²) in [6, 6.07) is 32.8. The Morgan fingerprint density at radius 3 is 1.42 bits per heavy atom. The van der Waals surface area contributed by atoms with Gasteiger partial charge in [0.15, 0.2) is 0 Å². The summed E-state index contributed by atoms with van der Waals surface area (Å²) in [5.41, 5.74) is 9.72.